The highest BCUT2D eigenvalue weighted by molar-refractivity contribution is 7.17. The van der Waals surface area contributed by atoms with Gasteiger partial charge in [-0.05, 0) is 18.1 Å². The molecule has 54 valence electrons. The van der Waals surface area contributed by atoms with Crippen molar-refractivity contribution in [2.45, 2.75) is 19.5 Å². The summed E-state index contributed by atoms with van der Waals surface area (Å²) in [5.41, 5.74) is 3.30. The average molecular weight is 152 g/mol. The summed E-state index contributed by atoms with van der Waals surface area (Å²) in [5.74, 6) is 0. The number of hydrogen-bond acceptors (Lipinski definition) is 0. The molecule has 2 atom stereocenters. The van der Waals surface area contributed by atoms with Crippen molar-refractivity contribution in [2.24, 2.45) is 0 Å². The summed E-state index contributed by atoms with van der Waals surface area (Å²) in [7, 11) is 2.79. The lowest BCUT2D eigenvalue weighted by atomic mass is 10.1. The molecule has 0 N–H and O–H groups in total. The van der Waals surface area contributed by atoms with E-state index in [4.69, 9.17) is 0 Å². The van der Waals surface area contributed by atoms with Gasteiger partial charge in [0.2, 0.25) is 0 Å². The predicted molar refractivity (Wildman–Crippen MR) is 49.3 cm³/mol. The molecule has 0 aromatic heterocycles. The Labute approximate surface area is 64.9 Å². The van der Waals surface area contributed by atoms with Crippen molar-refractivity contribution in [2.75, 3.05) is 0 Å². The minimum atomic E-state index is 0.569. The van der Waals surface area contributed by atoms with Gasteiger partial charge in [-0.15, -0.1) is 9.24 Å². The number of rotatable bonds is 1. The fourth-order valence-electron chi connectivity index (χ4n) is 0.953. The summed E-state index contributed by atoms with van der Waals surface area (Å²) in [6, 6.07) is 8.60. The van der Waals surface area contributed by atoms with E-state index in [2.05, 4.69) is 47.4 Å². The van der Waals surface area contributed by atoms with Gasteiger partial charge < -0.3 is 0 Å². The zero-order valence-electron chi connectivity index (χ0n) is 6.46. The first-order chi connectivity index (χ1) is 4.70. The Balaban J connectivity index is 2.96. The van der Waals surface area contributed by atoms with E-state index in [0.29, 0.717) is 5.66 Å². The molecule has 0 aliphatic carbocycles. The molecule has 0 saturated heterocycles. The molecule has 1 aromatic rings. The van der Waals surface area contributed by atoms with Crippen molar-refractivity contribution in [3.8, 4) is 0 Å². The van der Waals surface area contributed by atoms with E-state index in [1.807, 2.05) is 0 Å². The number of benzene rings is 1. The first kappa shape index (κ1) is 7.75. The zero-order chi connectivity index (χ0) is 7.56. The molecule has 10 heavy (non-hydrogen) atoms. The van der Waals surface area contributed by atoms with E-state index in [-0.39, 0.29) is 0 Å². The van der Waals surface area contributed by atoms with Crippen molar-refractivity contribution in [3.05, 3.63) is 35.4 Å². The molecule has 1 aromatic carbocycles. The van der Waals surface area contributed by atoms with E-state index in [1.165, 1.54) is 11.1 Å². The van der Waals surface area contributed by atoms with Crippen molar-refractivity contribution < 1.29 is 0 Å². The van der Waals surface area contributed by atoms with E-state index in [9.17, 15) is 0 Å². The second-order valence-corrected chi connectivity index (χ2v) is 3.70. The summed E-state index contributed by atoms with van der Waals surface area (Å²) >= 11 is 0. The maximum absolute atomic E-state index is 2.79. The van der Waals surface area contributed by atoms with Crippen LogP contribution in [-0.4, -0.2) is 0 Å². The van der Waals surface area contributed by atoms with Gasteiger partial charge in [0, 0.05) is 0 Å². The van der Waals surface area contributed by atoms with Crippen LogP contribution in [0.4, 0.5) is 0 Å². The molecule has 0 saturated carbocycles. The minimum absolute atomic E-state index is 0.569. The van der Waals surface area contributed by atoms with Gasteiger partial charge in [-0.2, -0.15) is 0 Å². The molecule has 0 bridgehead atoms. The molecule has 0 radical (unpaired) electrons. The van der Waals surface area contributed by atoms with Crippen LogP contribution in [0.15, 0.2) is 24.3 Å². The monoisotopic (exact) mass is 152 g/mol. The lowest BCUT2D eigenvalue weighted by Crippen LogP contribution is -1.82. The Morgan fingerprint density at radius 1 is 1.40 bits per heavy atom. The number of hydrogen-bond donors (Lipinski definition) is 0. The largest absolute Gasteiger partial charge is 0.130 e. The van der Waals surface area contributed by atoms with E-state index in [1.54, 1.807) is 0 Å². The van der Waals surface area contributed by atoms with Crippen molar-refractivity contribution in [3.63, 3.8) is 0 Å². The van der Waals surface area contributed by atoms with E-state index < -0.39 is 0 Å². The van der Waals surface area contributed by atoms with E-state index in [0.717, 1.165) is 0 Å². The van der Waals surface area contributed by atoms with Gasteiger partial charge in [0.05, 0.1) is 0 Å². The summed E-state index contributed by atoms with van der Waals surface area (Å²) < 4.78 is 0. The van der Waals surface area contributed by atoms with Crippen LogP contribution < -0.4 is 0 Å². The highest BCUT2D eigenvalue weighted by atomic mass is 31.0. The van der Waals surface area contributed by atoms with Crippen LogP contribution in [0.1, 0.15) is 23.7 Å². The second-order valence-electron chi connectivity index (χ2n) is 2.70. The van der Waals surface area contributed by atoms with Crippen LogP contribution in [0, 0.1) is 6.92 Å². The van der Waals surface area contributed by atoms with Gasteiger partial charge in [-0.25, -0.2) is 0 Å². The van der Waals surface area contributed by atoms with Crippen LogP contribution in [0.3, 0.4) is 0 Å². The third-order valence-corrected chi connectivity index (χ3v) is 1.95. The van der Waals surface area contributed by atoms with Gasteiger partial charge in [0.25, 0.3) is 0 Å². The molecule has 2 unspecified atom stereocenters. The zero-order valence-corrected chi connectivity index (χ0v) is 7.62. The molecular formula is C9H13P. The lowest BCUT2D eigenvalue weighted by molar-refractivity contribution is 1.10. The molecular weight excluding hydrogens is 139 g/mol. The lowest BCUT2D eigenvalue weighted by Gasteiger charge is -2.04. The summed E-state index contributed by atoms with van der Waals surface area (Å²) in [4.78, 5) is 0. The SMILES string of the molecule is Cc1cccc(C(C)P)c1. The molecule has 0 heterocycles. The fourth-order valence-corrected chi connectivity index (χ4v) is 1.16. The van der Waals surface area contributed by atoms with Crippen LogP contribution in [-0.2, 0) is 0 Å². The molecule has 1 rings (SSSR count). The molecule has 0 aliphatic rings. The Bertz CT molecular complexity index is 216. The third-order valence-electron chi connectivity index (χ3n) is 1.57. The first-order valence-corrected chi connectivity index (χ1v) is 4.19. The van der Waals surface area contributed by atoms with Gasteiger partial charge in [-0.1, -0.05) is 36.8 Å². The average Bonchev–Trinajstić information content (AvgIpc) is 1.88. The van der Waals surface area contributed by atoms with Crippen molar-refractivity contribution >= 4 is 9.24 Å². The van der Waals surface area contributed by atoms with Crippen LogP contribution in [0.25, 0.3) is 0 Å². The van der Waals surface area contributed by atoms with Gasteiger partial charge in [0.1, 0.15) is 0 Å². The van der Waals surface area contributed by atoms with Crippen LogP contribution in [0.2, 0.25) is 0 Å². The normalized spacial score (nSPS) is 13.1. The van der Waals surface area contributed by atoms with Crippen LogP contribution >= 0.6 is 9.24 Å². The Morgan fingerprint density at radius 2 is 2.10 bits per heavy atom. The second kappa shape index (κ2) is 3.16. The fraction of sp³-hybridized carbons (Fsp3) is 0.333. The van der Waals surface area contributed by atoms with E-state index >= 15 is 0 Å². The maximum atomic E-state index is 2.79. The smallest absolute Gasteiger partial charge is 0.00427 e. The molecule has 0 nitrogen and oxygen atoms in total. The highest BCUT2D eigenvalue weighted by Crippen LogP contribution is 2.21. The molecule has 0 amide bonds. The van der Waals surface area contributed by atoms with Crippen molar-refractivity contribution in [1.82, 2.24) is 0 Å². The van der Waals surface area contributed by atoms with Crippen molar-refractivity contribution in [1.29, 1.82) is 0 Å². The topological polar surface area (TPSA) is 0 Å². The summed E-state index contributed by atoms with van der Waals surface area (Å²) in [6.45, 7) is 4.30. The Hall–Kier alpha value is -0.350. The highest BCUT2D eigenvalue weighted by Gasteiger charge is 1.96. The summed E-state index contributed by atoms with van der Waals surface area (Å²) in [5, 5.41) is 0. The number of aryl methyl sites for hydroxylation is 1. The third kappa shape index (κ3) is 1.82. The molecule has 0 spiro atoms. The predicted octanol–water partition coefficient (Wildman–Crippen LogP) is 2.93. The van der Waals surface area contributed by atoms with Gasteiger partial charge in [0.15, 0.2) is 0 Å². The molecule has 0 aliphatic heterocycles. The molecule has 1 heteroatoms. The first-order valence-electron chi connectivity index (χ1n) is 3.52. The summed E-state index contributed by atoms with van der Waals surface area (Å²) in [6.07, 6.45) is 0. The van der Waals surface area contributed by atoms with Gasteiger partial charge in [-0.3, -0.25) is 0 Å². The Kier molecular flexibility index (Phi) is 2.45. The van der Waals surface area contributed by atoms with Gasteiger partial charge >= 0.3 is 0 Å². The quantitative estimate of drug-likeness (QED) is 0.543. The van der Waals surface area contributed by atoms with Crippen LogP contribution in [0.5, 0.6) is 0 Å². The minimum Gasteiger partial charge on any atom is -0.130 e. The standard InChI is InChI=1S/C9H13P/c1-7-4-3-5-9(6-7)8(2)10/h3-6,8H,10H2,1-2H3. The maximum Gasteiger partial charge on any atom is -0.00427 e. The Morgan fingerprint density at radius 3 is 2.50 bits per heavy atom. The molecule has 0 fully saturated rings.